The van der Waals surface area contributed by atoms with Gasteiger partial charge in [0.15, 0.2) is 11.6 Å². The number of hydrogen-bond donors (Lipinski definition) is 2. The predicted molar refractivity (Wildman–Crippen MR) is 66.3 cm³/mol. The number of benzene rings is 1. The molecule has 0 spiro atoms. The van der Waals surface area contributed by atoms with Crippen molar-refractivity contribution in [1.82, 2.24) is 15.2 Å². The van der Waals surface area contributed by atoms with Crippen LogP contribution in [0.1, 0.15) is 12.0 Å². The lowest BCUT2D eigenvalue weighted by Crippen LogP contribution is -2.13. The number of hydrogen-bond acceptors (Lipinski definition) is 4. The van der Waals surface area contributed by atoms with E-state index < -0.39 is 5.82 Å². The van der Waals surface area contributed by atoms with Crippen LogP contribution in [0, 0.1) is 5.82 Å². The van der Waals surface area contributed by atoms with Gasteiger partial charge in [0.1, 0.15) is 6.33 Å². The van der Waals surface area contributed by atoms with Crippen molar-refractivity contribution in [3.8, 4) is 5.75 Å². The van der Waals surface area contributed by atoms with Crippen molar-refractivity contribution in [3.63, 3.8) is 0 Å². The molecule has 0 saturated heterocycles. The van der Waals surface area contributed by atoms with Gasteiger partial charge in [-0.1, -0.05) is 6.07 Å². The third-order valence-electron chi connectivity index (χ3n) is 2.53. The van der Waals surface area contributed by atoms with E-state index in [1.807, 2.05) is 0 Å². The van der Waals surface area contributed by atoms with E-state index in [1.54, 1.807) is 12.1 Å². The molecule has 2 N–H and O–H groups in total. The zero-order valence-electron chi connectivity index (χ0n) is 10.3. The van der Waals surface area contributed by atoms with Gasteiger partial charge in [-0.2, -0.15) is 10.1 Å². The van der Waals surface area contributed by atoms with Crippen molar-refractivity contribution in [2.45, 2.75) is 12.8 Å². The maximum absolute atomic E-state index is 13.4. The average molecular weight is 264 g/mol. The Labute approximate surface area is 109 Å². The molecule has 0 saturated carbocycles. The smallest absolute Gasteiger partial charge is 0.227 e. The lowest BCUT2D eigenvalue weighted by atomic mass is 10.1. The molecular formula is C12H13FN4O2. The van der Waals surface area contributed by atoms with Gasteiger partial charge < -0.3 is 4.74 Å². The van der Waals surface area contributed by atoms with E-state index in [2.05, 4.69) is 20.5 Å². The number of anilines is 1. The molecule has 2 rings (SSSR count). The van der Waals surface area contributed by atoms with Crippen molar-refractivity contribution in [3.05, 3.63) is 35.9 Å². The third-order valence-corrected chi connectivity index (χ3v) is 2.53. The number of nitrogens with one attached hydrogen (secondary N) is 2. The molecule has 0 aliphatic heterocycles. The lowest BCUT2D eigenvalue weighted by molar-refractivity contribution is -0.116. The number of aromatic amines is 1. The van der Waals surface area contributed by atoms with Crippen LogP contribution in [0.2, 0.25) is 0 Å². The molecule has 0 bridgehead atoms. The Kier molecular flexibility index (Phi) is 4.07. The largest absolute Gasteiger partial charge is 0.494 e. The van der Waals surface area contributed by atoms with Gasteiger partial charge in [0.25, 0.3) is 0 Å². The maximum atomic E-state index is 13.4. The summed E-state index contributed by atoms with van der Waals surface area (Å²) in [7, 11) is 1.41. The number of aromatic nitrogens is 3. The highest BCUT2D eigenvalue weighted by molar-refractivity contribution is 5.88. The molecule has 0 atom stereocenters. The molecule has 6 nitrogen and oxygen atoms in total. The van der Waals surface area contributed by atoms with Crippen LogP contribution in [0.3, 0.4) is 0 Å². The number of methoxy groups -OCH3 is 1. The Hall–Kier alpha value is -2.44. The quantitative estimate of drug-likeness (QED) is 0.858. The highest BCUT2D eigenvalue weighted by Gasteiger charge is 2.07. The summed E-state index contributed by atoms with van der Waals surface area (Å²) in [4.78, 5) is 15.3. The summed E-state index contributed by atoms with van der Waals surface area (Å²) in [6.07, 6.45) is 1.96. The maximum Gasteiger partial charge on any atom is 0.227 e. The van der Waals surface area contributed by atoms with Crippen molar-refractivity contribution in [2.24, 2.45) is 0 Å². The van der Waals surface area contributed by atoms with Gasteiger partial charge >= 0.3 is 0 Å². The average Bonchev–Trinajstić information content (AvgIpc) is 2.89. The number of amides is 1. The summed E-state index contributed by atoms with van der Waals surface area (Å²) in [6, 6.07) is 4.63. The van der Waals surface area contributed by atoms with Gasteiger partial charge in [0.05, 0.1) is 7.11 Å². The van der Waals surface area contributed by atoms with Crippen molar-refractivity contribution >= 4 is 11.9 Å². The molecule has 1 aromatic heterocycles. The van der Waals surface area contributed by atoms with E-state index >= 15 is 0 Å². The molecule has 0 unspecified atom stereocenters. The van der Waals surface area contributed by atoms with Gasteiger partial charge in [-0.15, -0.1) is 0 Å². The van der Waals surface area contributed by atoms with Crippen LogP contribution < -0.4 is 10.1 Å². The zero-order chi connectivity index (χ0) is 13.7. The first-order valence-electron chi connectivity index (χ1n) is 5.66. The second-order valence-corrected chi connectivity index (χ2v) is 3.85. The molecule has 0 radical (unpaired) electrons. The van der Waals surface area contributed by atoms with Gasteiger partial charge in [0, 0.05) is 6.42 Å². The van der Waals surface area contributed by atoms with Crippen LogP contribution in [-0.2, 0) is 11.2 Å². The Bertz CT molecular complexity index is 557. The second kappa shape index (κ2) is 5.94. The van der Waals surface area contributed by atoms with Gasteiger partial charge in [-0.3, -0.25) is 10.1 Å². The van der Waals surface area contributed by atoms with E-state index in [4.69, 9.17) is 4.74 Å². The summed E-state index contributed by atoms with van der Waals surface area (Å²) >= 11 is 0. The van der Waals surface area contributed by atoms with Crippen LogP contribution in [0.15, 0.2) is 24.5 Å². The van der Waals surface area contributed by atoms with Crippen LogP contribution in [0.25, 0.3) is 0 Å². The number of ether oxygens (including phenoxy) is 1. The van der Waals surface area contributed by atoms with E-state index in [0.29, 0.717) is 12.4 Å². The fourth-order valence-electron chi connectivity index (χ4n) is 1.58. The first-order chi connectivity index (χ1) is 9.19. The first-order valence-corrected chi connectivity index (χ1v) is 5.66. The Morgan fingerprint density at radius 3 is 3.00 bits per heavy atom. The molecule has 1 heterocycles. The van der Waals surface area contributed by atoms with Crippen molar-refractivity contribution in [1.29, 1.82) is 0 Å². The zero-order valence-corrected chi connectivity index (χ0v) is 10.3. The van der Waals surface area contributed by atoms with E-state index in [0.717, 1.165) is 5.56 Å². The SMILES string of the molecule is COc1ccc(CCC(=O)Nc2ncn[nH]2)cc1F. The molecule has 2 aromatic rings. The molecule has 1 amide bonds. The topological polar surface area (TPSA) is 79.9 Å². The van der Waals surface area contributed by atoms with Gasteiger partial charge in [-0.05, 0) is 24.1 Å². The lowest BCUT2D eigenvalue weighted by Gasteiger charge is -2.05. The minimum absolute atomic E-state index is 0.190. The first kappa shape index (κ1) is 13.0. The van der Waals surface area contributed by atoms with Crippen LogP contribution in [0.4, 0.5) is 10.3 Å². The van der Waals surface area contributed by atoms with Crippen LogP contribution >= 0.6 is 0 Å². The highest BCUT2D eigenvalue weighted by Crippen LogP contribution is 2.18. The normalized spacial score (nSPS) is 10.2. The molecule has 0 aliphatic rings. The van der Waals surface area contributed by atoms with Crippen molar-refractivity contribution < 1.29 is 13.9 Å². The van der Waals surface area contributed by atoms with Crippen molar-refractivity contribution in [2.75, 3.05) is 12.4 Å². The third kappa shape index (κ3) is 3.51. The predicted octanol–water partition coefficient (Wildman–Crippen LogP) is 1.52. The molecule has 1 aromatic carbocycles. The monoisotopic (exact) mass is 264 g/mol. The number of halogens is 1. The number of rotatable bonds is 5. The van der Waals surface area contributed by atoms with Gasteiger partial charge in [-0.25, -0.2) is 9.49 Å². The minimum atomic E-state index is -0.435. The second-order valence-electron chi connectivity index (χ2n) is 3.85. The number of carbonyl (C=O) groups excluding carboxylic acids is 1. The summed E-state index contributed by atoms with van der Waals surface area (Å²) in [6.45, 7) is 0. The molecular weight excluding hydrogens is 251 g/mol. The van der Waals surface area contributed by atoms with Gasteiger partial charge in [0.2, 0.25) is 11.9 Å². The van der Waals surface area contributed by atoms with E-state index in [1.165, 1.54) is 19.5 Å². The fourth-order valence-corrected chi connectivity index (χ4v) is 1.58. The van der Waals surface area contributed by atoms with E-state index in [-0.39, 0.29) is 18.1 Å². The fraction of sp³-hybridized carbons (Fsp3) is 0.250. The number of nitrogens with zero attached hydrogens (tertiary/aromatic N) is 2. The Balaban J connectivity index is 1.88. The van der Waals surface area contributed by atoms with Crippen LogP contribution in [0.5, 0.6) is 5.75 Å². The molecule has 19 heavy (non-hydrogen) atoms. The van der Waals surface area contributed by atoms with Crippen LogP contribution in [-0.4, -0.2) is 28.2 Å². The summed E-state index contributed by atoms with van der Waals surface area (Å²) in [5, 5.41) is 8.67. The molecule has 0 fully saturated rings. The van der Waals surface area contributed by atoms with E-state index in [9.17, 15) is 9.18 Å². The number of H-pyrrole nitrogens is 1. The summed E-state index contributed by atoms with van der Waals surface area (Å²) < 4.78 is 18.3. The number of aryl methyl sites for hydroxylation is 1. The molecule has 7 heteroatoms. The molecule has 0 aliphatic carbocycles. The summed E-state index contributed by atoms with van der Waals surface area (Å²) in [5.74, 6) is -0.163. The Morgan fingerprint density at radius 2 is 2.37 bits per heavy atom. The Morgan fingerprint density at radius 1 is 1.53 bits per heavy atom. The highest BCUT2D eigenvalue weighted by atomic mass is 19.1. The minimum Gasteiger partial charge on any atom is -0.494 e. The standard InChI is InChI=1S/C12H13FN4O2/c1-19-10-4-2-8(6-9(10)13)3-5-11(18)16-12-14-7-15-17-12/h2,4,6-7H,3,5H2,1H3,(H2,14,15,16,17,18). The number of carbonyl (C=O) groups is 1. The molecule has 100 valence electrons. The summed E-state index contributed by atoms with van der Waals surface area (Å²) in [5.41, 5.74) is 0.728.